The summed E-state index contributed by atoms with van der Waals surface area (Å²) in [7, 11) is 22.2. The molecule has 2 heterocycles. The quantitative estimate of drug-likeness (QED) is 0.425. The first-order chi connectivity index (χ1) is 16.9. The predicted molar refractivity (Wildman–Crippen MR) is 139 cm³/mol. The fraction of sp³-hybridized carbons (Fsp3) is 0.348. The van der Waals surface area contributed by atoms with E-state index in [2.05, 4.69) is 20.5 Å². The molecule has 1 aliphatic heterocycles. The molecular weight excluding hydrogens is 457 g/mol. The first-order valence-electron chi connectivity index (χ1n) is 11.3. The normalized spacial score (nSPS) is 15.5. The van der Waals surface area contributed by atoms with Crippen molar-refractivity contribution in [2.45, 2.75) is 23.7 Å². The van der Waals surface area contributed by atoms with Crippen molar-refractivity contribution in [2.75, 3.05) is 36.5 Å². The molecule has 8 nitrogen and oxygen atoms in total. The van der Waals surface area contributed by atoms with Crippen LogP contribution in [-0.2, 0) is 4.74 Å². The minimum absolute atomic E-state index is 0.128. The number of ether oxygens (including phenoxy) is 1. The van der Waals surface area contributed by atoms with E-state index in [9.17, 15) is 14.3 Å². The molecule has 1 unspecified atom stereocenters. The lowest BCUT2D eigenvalue weighted by molar-refractivity contribution is 0.0896. The molecule has 8 radical (unpaired) electrons. The molecule has 3 aromatic rings. The molecule has 3 N–H and O–H groups in total. The lowest BCUT2D eigenvalue weighted by atomic mass is 9.40. The number of nitrogens with one attached hydrogen (secondary N) is 2. The summed E-state index contributed by atoms with van der Waals surface area (Å²) in [6.45, 7) is 4.35. The highest BCUT2D eigenvalue weighted by Gasteiger charge is 2.34. The number of nitrogens with zero attached hydrogens (tertiary/aromatic N) is 3. The number of hydrogen-bond donors (Lipinski definition) is 3. The van der Waals surface area contributed by atoms with Crippen LogP contribution in [-0.4, -0.2) is 89.4 Å². The van der Waals surface area contributed by atoms with Crippen LogP contribution in [0.2, 0.25) is 0 Å². The molecule has 1 saturated heterocycles. The van der Waals surface area contributed by atoms with Gasteiger partial charge in [0.05, 0.1) is 67.9 Å². The van der Waals surface area contributed by atoms with E-state index in [0.29, 0.717) is 54.4 Å². The molecule has 36 heavy (non-hydrogen) atoms. The van der Waals surface area contributed by atoms with E-state index in [1.165, 1.54) is 18.2 Å². The lowest BCUT2D eigenvalue weighted by Crippen LogP contribution is -2.66. The zero-order valence-corrected chi connectivity index (χ0v) is 19.7. The summed E-state index contributed by atoms with van der Waals surface area (Å²) in [5.41, 5.74) is 2.26. The summed E-state index contributed by atoms with van der Waals surface area (Å²) in [5.74, 6) is -0.464. The van der Waals surface area contributed by atoms with Crippen molar-refractivity contribution in [3.8, 4) is 0 Å². The van der Waals surface area contributed by atoms with Crippen molar-refractivity contribution in [2.24, 2.45) is 0 Å². The number of carbonyl (C=O) groups is 1. The van der Waals surface area contributed by atoms with E-state index in [4.69, 9.17) is 41.1 Å². The maximum atomic E-state index is 13.8. The van der Waals surface area contributed by atoms with Crippen LogP contribution in [0.15, 0.2) is 42.6 Å². The van der Waals surface area contributed by atoms with Crippen LogP contribution in [0.4, 0.5) is 15.9 Å². The van der Waals surface area contributed by atoms with E-state index >= 15 is 0 Å². The second-order valence-electron chi connectivity index (χ2n) is 8.79. The fourth-order valence-electron chi connectivity index (χ4n) is 3.80. The Hall–Kier alpha value is -3.04. The number of carbonyl (C=O) groups excluding carboxylic acids is 1. The Balaban J connectivity index is 1.76. The van der Waals surface area contributed by atoms with E-state index in [-0.39, 0.29) is 5.56 Å². The Labute approximate surface area is 214 Å². The van der Waals surface area contributed by atoms with Gasteiger partial charge in [0.25, 0.3) is 5.91 Å². The largest absolute Gasteiger partial charge is 0.408 e. The first kappa shape index (κ1) is 26.0. The third-order valence-electron chi connectivity index (χ3n) is 5.92. The number of benzene rings is 2. The van der Waals surface area contributed by atoms with Gasteiger partial charge >= 0.3 is 0 Å². The number of aliphatic hydroxyl groups is 1. The average molecular weight is 479 g/mol. The van der Waals surface area contributed by atoms with Gasteiger partial charge in [-0.05, 0) is 48.0 Å². The molecule has 1 atom stereocenters. The van der Waals surface area contributed by atoms with Gasteiger partial charge in [0.15, 0.2) is 0 Å². The predicted octanol–water partition coefficient (Wildman–Crippen LogP) is 0.482. The van der Waals surface area contributed by atoms with Crippen molar-refractivity contribution in [3.63, 3.8) is 0 Å². The van der Waals surface area contributed by atoms with Gasteiger partial charge in [-0.15, -0.1) is 0 Å². The van der Waals surface area contributed by atoms with Gasteiger partial charge in [0, 0.05) is 29.9 Å². The summed E-state index contributed by atoms with van der Waals surface area (Å²) in [4.78, 5) is 24.4. The first-order valence-corrected chi connectivity index (χ1v) is 11.3. The van der Waals surface area contributed by atoms with Crippen molar-refractivity contribution < 1.29 is 19.0 Å². The van der Waals surface area contributed by atoms with Crippen molar-refractivity contribution in [1.82, 2.24) is 15.3 Å². The SMILES string of the molecule is [B]C([B])(O)C([B])([B])NC(=O)c1cc(C(C)Nc2cccc(F)c2)c2nc(N3CCOCC3)cnc2c1. The Morgan fingerprint density at radius 3 is 2.58 bits per heavy atom. The summed E-state index contributed by atoms with van der Waals surface area (Å²) in [6, 6.07) is 8.71. The third kappa shape index (κ3) is 5.68. The molecule has 1 amide bonds. The van der Waals surface area contributed by atoms with Crippen LogP contribution in [0.25, 0.3) is 11.0 Å². The zero-order valence-electron chi connectivity index (χ0n) is 19.7. The van der Waals surface area contributed by atoms with Crippen molar-refractivity contribution in [1.29, 1.82) is 0 Å². The number of anilines is 2. The number of aromatic nitrogens is 2. The Kier molecular flexibility index (Phi) is 7.33. The van der Waals surface area contributed by atoms with Crippen LogP contribution < -0.4 is 15.5 Å². The summed E-state index contributed by atoms with van der Waals surface area (Å²) < 4.78 is 19.2. The lowest BCUT2D eigenvalue weighted by Gasteiger charge is -2.40. The summed E-state index contributed by atoms with van der Waals surface area (Å²) >= 11 is 0. The third-order valence-corrected chi connectivity index (χ3v) is 5.92. The highest BCUT2D eigenvalue weighted by molar-refractivity contribution is 6.54. The monoisotopic (exact) mass is 479 g/mol. The minimum Gasteiger partial charge on any atom is -0.408 e. The fourth-order valence-corrected chi connectivity index (χ4v) is 3.80. The smallest absolute Gasteiger partial charge is 0.250 e. The second kappa shape index (κ2) is 10.1. The van der Waals surface area contributed by atoms with Gasteiger partial charge < -0.3 is 25.4 Å². The van der Waals surface area contributed by atoms with Gasteiger partial charge in [-0.25, -0.2) is 9.37 Å². The van der Waals surface area contributed by atoms with Gasteiger partial charge in [0.1, 0.15) is 11.6 Å². The molecule has 0 aliphatic carbocycles. The molecule has 2 aromatic carbocycles. The van der Waals surface area contributed by atoms with E-state index in [1.54, 1.807) is 24.4 Å². The molecule has 1 fully saturated rings. The Morgan fingerprint density at radius 2 is 1.92 bits per heavy atom. The number of amides is 1. The number of hydrogen-bond acceptors (Lipinski definition) is 7. The number of rotatable bonds is 7. The van der Waals surface area contributed by atoms with Crippen LogP contribution in [0.3, 0.4) is 0 Å². The van der Waals surface area contributed by atoms with E-state index in [0.717, 1.165) is 0 Å². The van der Waals surface area contributed by atoms with Gasteiger partial charge in [-0.1, -0.05) is 6.07 Å². The van der Waals surface area contributed by atoms with Crippen LogP contribution >= 0.6 is 0 Å². The zero-order chi connectivity index (χ0) is 26.1. The number of fused-ring (bicyclic) bond motifs is 1. The van der Waals surface area contributed by atoms with Crippen molar-refractivity contribution >= 4 is 59.8 Å². The molecular formula is C23H22B4FN5O3. The molecule has 176 valence electrons. The molecule has 1 aromatic heterocycles. The molecule has 1 aliphatic rings. The van der Waals surface area contributed by atoms with Gasteiger partial charge in [-0.2, -0.15) is 0 Å². The number of halogens is 1. The van der Waals surface area contributed by atoms with Gasteiger partial charge in [0.2, 0.25) is 0 Å². The highest BCUT2D eigenvalue weighted by Crippen LogP contribution is 2.29. The summed E-state index contributed by atoms with van der Waals surface area (Å²) in [6.07, 6.45) is 1.62. The molecule has 13 heteroatoms. The Bertz CT molecular complexity index is 1270. The second-order valence-corrected chi connectivity index (χ2v) is 8.79. The molecule has 0 spiro atoms. The minimum atomic E-state index is -2.58. The van der Waals surface area contributed by atoms with Crippen LogP contribution in [0, 0.1) is 5.82 Å². The molecule has 4 rings (SSSR count). The standard InChI is InChI=1S/C23H22B4FN5O3/c1-13(30-16-4-2-3-15(28)11-16)17-9-14(21(34)32-22(24,25)23(26,27)35)10-18-20(17)31-19(12-29-18)33-5-7-36-8-6-33/h2-4,9-13,30,35H,5-8H2,1H3,(H,32,34). The molecule has 0 saturated carbocycles. The van der Waals surface area contributed by atoms with E-state index < -0.39 is 28.5 Å². The topological polar surface area (TPSA) is 99.6 Å². The molecule has 0 bridgehead atoms. The number of morpholine rings is 1. The van der Waals surface area contributed by atoms with Crippen molar-refractivity contribution in [3.05, 3.63) is 59.5 Å². The maximum Gasteiger partial charge on any atom is 0.250 e. The summed E-state index contributed by atoms with van der Waals surface area (Å²) in [5, 5.41) is 10.4. The Morgan fingerprint density at radius 1 is 1.19 bits per heavy atom. The maximum absolute atomic E-state index is 13.8. The van der Waals surface area contributed by atoms with E-state index in [1.807, 2.05) is 6.92 Å². The van der Waals surface area contributed by atoms with Crippen LogP contribution in [0.5, 0.6) is 0 Å². The van der Waals surface area contributed by atoms with Gasteiger partial charge in [-0.3, -0.25) is 9.78 Å². The highest BCUT2D eigenvalue weighted by atomic mass is 19.1. The van der Waals surface area contributed by atoms with Crippen LogP contribution in [0.1, 0.15) is 28.9 Å². The average Bonchev–Trinajstić information content (AvgIpc) is 2.82.